The van der Waals surface area contributed by atoms with Crippen LogP contribution in [-0.2, 0) is 0 Å². The zero-order chi connectivity index (χ0) is 13.1. The van der Waals surface area contributed by atoms with Gasteiger partial charge in [-0.2, -0.15) is 11.8 Å². The van der Waals surface area contributed by atoms with Crippen molar-refractivity contribution < 1.29 is 8.78 Å². The molecule has 1 aromatic carbocycles. The molecule has 0 aliphatic heterocycles. The van der Waals surface area contributed by atoms with Crippen LogP contribution in [0, 0.1) is 11.6 Å². The lowest BCUT2D eigenvalue weighted by atomic mass is 10.1. The average Bonchev–Trinajstić information content (AvgIpc) is 2.21. The monoisotopic (exact) mass is 260 g/mol. The molecular weight excluding hydrogens is 242 g/mol. The second kappa shape index (κ2) is 5.80. The molecule has 17 heavy (non-hydrogen) atoms. The Morgan fingerprint density at radius 2 is 1.82 bits per heavy atom. The van der Waals surface area contributed by atoms with Crippen LogP contribution in [0.4, 0.5) is 8.78 Å². The molecule has 0 fully saturated rings. The van der Waals surface area contributed by atoms with Gasteiger partial charge in [0.2, 0.25) is 0 Å². The molecule has 0 spiro atoms. The minimum absolute atomic E-state index is 0.00625. The second-order valence-electron chi connectivity index (χ2n) is 4.78. The minimum Gasteiger partial charge on any atom is -0.271 e. The van der Waals surface area contributed by atoms with Gasteiger partial charge in [0.05, 0.1) is 6.04 Å². The van der Waals surface area contributed by atoms with Crippen molar-refractivity contribution in [1.82, 2.24) is 5.43 Å². The highest BCUT2D eigenvalue weighted by molar-refractivity contribution is 8.00. The first-order valence-corrected chi connectivity index (χ1v) is 6.37. The molecule has 5 heteroatoms. The SMILES string of the molecule is CC(C)(C)SCC(NN)c1c(F)cccc1F. The summed E-state index contributed by atoms with van der Waals surface area (Å²) in [5.41, 5.74) is 2.48. The Balaban J connectivity index is 2.87. The first kappa shape index (κ1) is 14.4. The van der Waals surface area contributed by atoms with Gasteiger partial charge in [-0.15, -0.1) is 0 Å². The Morgan fingerprint density at radius 1 is 1.29 bits per heavy atom. The molecular formula is C12H18F2N2S. The van der Waals surface area contributed by atoms with Crippen molar-refractivity contribution in [3.05, 3.63) is 35.4 Å². The lowest BCUT2D eigenvalue weighted by Crippen LogP contribution is -2.32. The van der Waals surface area contributed by atoms with E-state index in [4.69, 9.17) is 5.84 Å². The number of hydrogen-bond donors (Lipinski definition) is 2. The van der Waals surface area contributed by atoms with Gasteiger partial charge in [0, 0.05) is 16.1 Å². The molecule has 0 radical (unpaired) electrons. The van der Waals surface area contributed by atoms with Gasteiger partial charge in [0.1, 0.15) is 11.6 Å². The summed E-state index contributed by atoms with van der Waals surface area (Å²) in [4.78, 5) is 0. The van der Waals surface area contributed by atoms with Gasteiger partial charge in [0.25, 0.3) is 0 Å². The van der Waals surface area contributed by atoms with Crippen molar-refractivity contribution in [3.8, 4) is 0 Å². The Kier molecular flexibility index (Phi) is 4.91. The Labute approximate surface area is 105 Å². The molecule has 0 heterocycles. The molecule has 0 saturated heterocycles. The van der Waals surface area contributed by atoms with E-state index in [1.54, 1.807) is 11.8 Å². The fourth-order valence-corrected chi connectivity index (χ4v) is 2.32. The van der Waals surface area contributed by atoms with Crippen LogP contribution in [0.5, 0.6) is 0 Å². The normalized spacial score (nSPS) is 13.8. The Bertz CT molecular complexity index is 357. The lowest BCUT2D eigenvalue weighted by Gasteiger charge is -2.23. The number of nitrogens with one attached hydrogen (secondary N) is 1. The molecule has 0 aromatic heterocycles. The predicted octanol–water partition coefficient (Wildman–Crippen LogP) is 3.00. The highest BCUT2D eigenvalue weighted by Crippen LogP contribution is 2.30. The minimum atomic E-state index is -0.567. The van der Waals surface area contributed by atoms with E-state index < -0.39 is 17.7 Å². The zero-order valence-electron chi connectivity index (χ0n) is 10.3. The third kappa shape index (κ3) is 4.26. The molecule has 0 amide bonds. The van der Waals surface area contributed by atoms with Gasteiger partial charge in [0.15, 0.2) is 0 Å². The number of thioether (sulfide) groups is 1. The number of nitrogens with two attached hydrogens (primary N) is 1. The van der Waals surface area contributed by atoms with Gasteiger partial charge in [-0.25, -0.2) is 8.78 Å². The molecule has 0 bridgehead atoms. The third-order valence-corrected chi connectivity index (χ3v) is 3.60. The number of halogens is 2. The standard InChI is InChI=1S/C12H18F2N2S/c1-12(2,3)17-7-10(16-15)11-8(13)5-4-6-9(11)14/h4-6,10,16H,7,15H2,1-3H3. The largest absolute Gasteiger partial charge is 0.271 e. The molecule has 2 nitrogen and oxygen atoms in total. The third-order valence-electron chi connectivity index (χ3n) is 2.23. The highest BCUT2D eigenvalue weighted by Gasteiger charge is 2.21. The lowest BCUT2D eigenvalue weighted by molar-refractivity contribution is 0.499. The molecule has 0 saturated carbocycles. The quantitative estimate of drug-likeness (QED) is 0.645. The molecule has 1 rings (SSSR count). The molecule has 0 aliphatic rings. The van der Waals surface area contributed by atoms with Crippen LogP contribution in [0.25, 0.3) is 0 Å². The Morgan fingerprint density at radius 3 is 2.24 bits per heavy atom. The van der Waals surface area contributed by atoms with Crippen molar-refractivity contribution in [2.45, 2.75) is 31.6 Å². The van der Waals surface area contributed by atoms with Crippen molar-refractivity contribution >= 4 is 11.8 Å². The van der Waals surface area contributed by atoms with Crippen LogP contribution >= 0.6 is 11.8 Å². The fourth-order valence-electron chi connectivity index (χ4n) is 1.39. The van der Waals surface area contributed by atoms with E-state index in [-0.39, 0.29) is 10.3 Å². The van der Waals surface area contributed by atoms with Crippen LogP contribution in [0.3, 0.4) is 0 Å². The first-order chi connectivity index (χ1) is 7.85. The van der Waals surface area contributed by atoms with E-state index in [0.717, 1.165) is 0 Å². The van der Waals surface area contributed by atoms with Gasteiger partial charge in [-0.1, -0.05) is 26.8 Å². The van der Waals surface area contributed by atoms with Crippen molar-refractivity contribution in [2.75, 3.05) is 5.75 Å². The summed E-state index contributed by atoms with van der Waals surface area (Å²) in [7, 11) is 0. The summed E-state index contributed by atoms with van der Waals surface area (Å²) >= 11 is 1.60. The Hall–Kier alpha value is -0.650. The van der Waals surface area contributed by atoms with E-state index in [1.165, 1.54) is 18.2 Å². The topological polar surface area (TPSA) is 38.0 Å². The summed E-state index contributed by atoms with van der Waals surface area (Å²) in [6, 6.07) is 3.30. The fraction of sp³-hybridized carbons (Fsp3) is 0.500. The molecule has 1 aromatic rings. The maximum atomic E-state index is 13.6. The summed E-state index contributed by atoms with van der Waals surface area (Å²) in [5, 5.41) is 0. The molecule has 1 unspecified atom stereocenters. The second-order valence-corrected chi connectivity index (χ2v) is 6.62. The van der Waals surface area contributed by atoms with Crippen LogP contribution < -0.4 is 11.3 Å². The van der Waals surface area contributed by atoms with E-state index in [2.05, 4.69) is 5.43 Å². The molecule has 3 N–H and O–H groups in total. The molecule has 96 valence electrons. The maximum Gasteiger partial charge on any atom is 0.130 e. The van der Waals surface area contributed by atoms with E-state index >= 15 is 0 Å². The van der Waals surface area contributed by atoms with Gasteiger partial charge >= 0.3 is 0 Å². The van der Waals surface area contributed by atoms with Gasteiger partial charge in [-0.3, -0.25) is 11.3 Å². The van der Waals surface area contributed by atoms with E-state index in [9.17, 15) is 8.78 Å². The molecule has 0 aliphatic carbocycles. The summed E-state index contributed by atoms with van der Waals surface area (Å²) in [6.07, 6.45) is 0. The highest BCUT2D eigenvalue weighted by atomic mass is 32.2. The first-order valence-electron chi connectivity index (χ1n) is 5.39. The average molecular weight is 260 g/mol. The summed E-state index contributed by atoms with van der Waals surface area (Å²) in [5.74, 6) is 4.75. The number of rotatable bonds is 4. The predicted molar refractivity (Wildman–Crippen MR) is 68.6 cm³/mol. The van der Waals surface area contributed by atoms with Crippen LogP contribution in [0.1, 0.15) is 32.4 Å². The summed E-state index contributed by atoms with van der Waals surface area (Å²) in [6.45, 7) is 6.13. The summed E-state index contributed by atoms with van der Waals surface area (Å²) < 4.78 is 27.1. The molecule has 1 atom stereocenters. The smallest absolute Gasteiger partial charge is 0.130 e. The maximum absolute atomic E-state index is 13.6. The van der Waals surface area contributed by atoms with Gasteiger partial charge in [-0.05, 0) is 12.1 Å². The van der Waals surface area contributed by atoms with Crippen LogP contribution in [-0.4, -0.2) is 10.5 Å². The van der Waals surface area contributed by atoms with E-state index in [1.807, 2.05) is 20.8 Å². The van der Waals surface area contributed by atoms with E-state index in [0.29, 0.717) is 5.75 Å². The number of hydrazine groups is 1. The van der Waals surface area contributed by atoms with Crippen molar-refractivity contribution in [1.29, 1.82) is 0 Å². The van der Waals surface area contributed by atoms with Gasteiger partial charge < -0.3 is 0 Å². The van der Waals surface area contributed by atoms with Crippen LogP contribution in [0.2, 0.25) is 0 Å². The van der Waals surface area contributed by atoms with Crippen LogP contribution in [0.15, 0.2) is 18.2 Å². The number of hydrogen-bond acceptors (Lipinski definition) is 3. The van der Waals surface area contributed by atoms with Crippen molar-refractivity contribution in [3.63, 3.8) is 0 Å². The zero-order valence-corrected chi connectivity index (χ0v) is 11.1. The van der Waals surface area contributed by atoms with Crippen molar-refractivity contribution in [2.24, 2.45) is 5.84 Å². The number of benzene rings is 1.